The summed E-state index contributed by atoms with van der Waals surface area (Å²) in [6.07, 6.45) is 4.50. The predicted octanol–water partition coefficient (Wildman–Crippen LogP) is 2.63. The third-order valence-electron chi connectivity index (χ3n) is 3.38. The van der Waals surface area contributed by atoms with Crippen molar-refractivity contribution in [2.75, 3.05) is 23.3 Å². The van der Waals surface area contributed by atoms with Gasteiger partial charge in [-0.3, -0.25) is 0 Å². The number of anilines is 2. The van der Waals surface area contributed by atoms with Crippen LogP contribution in [0.4, 0.5) is 11.6 Å². The summed E-state index contributed by atoms with van der Waals surface area (Å²) in [6, 6.07) is 6.32. The topological polar surface area (TPSA) is 53.9 Å². The minimum absolute atomic E-state index is 0.387. The van der Waals surface area contributed by atoms with Gasteiger partial charge in [0.1, 0.15) is 18.0 Å². The van der Waals surface area contributed by atoms with E-state index in [2.05, 4.69) is 41.1 Å². The van der Waals surface area contributed by atoms with Gasteiger partial charge in [0.15, 0.2) is 0 Å². The number of nitrogens with zero attached hydrogens (tertiary/aromatic N) is 4. The molecule has 2 aromatic heterocycles. The summed E-state index contributed by atoms with van der Waals surface area (Å²) in [5.41, 5.74) is 0.977. The Hall–Kier alpha value is -1.69. The summed E-state index contributed by atoms with van der Waals surface area (Å²) in [4.78, 5) is 15.1. The Morgan fingerprint density at radius 2 is 2.25 bits per heavy atom. The van der Waals surface area contributed by atoms with Crippen LogP contribution in [-0.4, -0.2) is 34.1 Å². The smallest absolute Gasteiger partial charge is 0.142 e. The second-order valence-electron chi connectivity index (χ2n) is 4.93. The normalized spacial score (nSPS) is 18.3. The molecule has 104 valence electrons. The number of pyridine rings is 1. The molecule has 0 saturated carbocycles. The van der Waals surface area contributed by atoms with Crippen molar-refractivity contribution in [3.63, 3.8) is 0 Å². The lowest BCUT2D eigenvalue weighted by molar-refractivity contribution is 0.797. The Morgan fingerprint density at radius 3 is 3.05 bits per heavy atom. The molecule has 5 nitrogen and oxygen atoms in total. The first-order valence-electron chi connectivity index (χ1n) is 6.63. The van der Waals surface area contributed by atoms with E-state index in [0.717, 1.165) is 41.3 Å². The van der Waals surface area contributed by atoms with E-state index in [9.17, 15) is 0 Å². The molecule has 3 heterocycles. The van der Waals surface area contributed by atoms with Crippen LogP contribution in [0.5, 0.6) is 0 Å². The maximum absolute atomic E-state index is 4.44. The molecule has 20 heavy (non-hydrogen) atoms. The molecule has 1 unspecified atom stereocenters. The quantitative estimate of drug-likeness (QED) is 0.935. The lowest BCUT2D eigenvalue weighted by Gasteiger charge is -2.19. The first-order chi connectivity index (χ1) is 9.72. The first-order valence-corrected chi connectivity index (χ1v) is 7.42. The van der Waals surface area contributed by atoms with Crippen LogP contribution >= 0.6 is 15.9 Å². The minimum Gasteiger partial charge on any atom is -0.365 e. The number of rotatable bonds is 3. The van der Waals surface area contributed by atoms with Crippen molar-refractivity contribution in [3.05, 3.63) is 40.9 Å². The van der Waals surface area contributed by atoms with E-state index in [1.807, 2.05) is 31.3 Å². The van der Waals surface area contributed by atoms with Crippen LogP contribution in [0, 0.1) is 6.92 Å². The highest BCUT2D eigenvalue weighted by Crippen LogP contribution is 2.27. The molecule has 3 rings (SSSR count). The molecule has 0 bridgehead atoms. The van der Waals surface area contributed by atoms with E-state index < -0.39 is 0 Å². The van der Waals surface area contributed by atoms with Crippen molar-refractivity contribution in [1.82, 2.24) is 15.0 Å². The van der Waals surface area contributed by atoms with Crippen molar-refractivity contribution in [2.45, 2.75) is 19.4 Å². The van der Waals surface area contributed by atoms with Crippen LogP contribution in [0.15, 0.2) is 35.2 Å². The van der Waals surface area contributed by atoms with E-state index >= 15 is 0 Å². The third kappa shape index (κ3) is 2.90. The van der Waals surface area contributed by atoms with Gasteiger partial charge in [-0.2, -0.15) is 0 Å². The summed E-state index contributed by atoms with van der Waals surface area (Å²) < 4.78 is 1.04. The molecule has 1 N–H and O–H groups in total. The van der Waals surface area contributed by atoms with Crippen LogP contribution in [0.1, 0.15) is 12.1 Å². The van der Waals surface area contributed by atoms with Gasteiger partial charge in [-0.05, 0) is 41.4 Å². The van der Waals surface area contributed by atoms with Gasteiger partial charge in [-0.15, -0.1) is 0 Å². The molecule has 1 fully saturated rings. The van der Waals surface area contributed by atoms with E-state index in [0.29, 0.717) is 6.04 Å². The average molecular weight is 334 g/mol. The summed E-state index contributed by atoms with van der Waals surface area (Å²) in [5, 5.41) is 3.47. The SMILES string of the molecule is Cc1cc(NC2CCN(c3ncccc3Br)C2)ncn1. The Morgan fingerprint density at radius 1 is 1.35 bits per heavy atom. The Labute approximate surface area is 126 Å². The van der Waals surface area contributed by atoms with Gasteiger partial charge < -0.3 is 10.2 Å². The number of aryl methyl sites for hydroxylation is 1. The second-order valence-corrected chi connectivity index (χ2v) is 5.78. The van der Waals surface area contributed by atoms with Gasteiger partial charge in [0.25, 0.3) is 0 Å². The maximum Gasteiger partial charge on any atom is 0.142 e. The van der Waals surface area contributed by atoms with E-state index in [1.54, 1.807) is 6.33 Å². The summed E-state index contributed by atoms with van der Waals surface area (Å²) in [7, 11) is 0. The fourth-order valence-corrected chi connectivity index (χ4v) is 2.93. The molecule has 2 aromatic rings. The van der Waals surface area contributed by atoms with Crippen molar-refractivity contribution >= 4 is 27.6 Å². The Balaban J connectivity index is 1.67. The first kappa shape index (κ1) is 13.3. The fourth-order valence-electron chi connectivity index (χ4n) is 2.42. The van der Waals surface area contributed by atoms with E-state index in [-0.39, 0.29) is 0 Å². The third-order valence-corrected chi connectivity index (χ3v) is 4.00. The monoisotopic (exact) mass is 333 g/mol. The van der Waals surface area contributed by atoms with Crippen molar-refractivity contribution in [3.8, 4) is 0 Å². The largest absolute Gasteiger partial charge is 0.365 e. The highest BCUT2D eigenvalue weighted by Gasteiger charge is 2.24. The molecule has 0 aromatic carbocycles. The highest BCUT2D eigenvalue weighted by atomic mass is 79.9. The van der Waals surface area contributed by atoms with Crippen molar-refractivity contribution < 1.29 is 0 Å². The molecule has 0 aliphatic carbocycles. The molecular formula is C14H16BrN5. The van der Waals surface area contributed by atoms with Gasteiger partial charge in [0, 0.05) is 37.1 Å². The molecule has 1 atom stereocenters. The summed E-state index contributed by atoms with van der Waals surface area (Å²) >= 11 is 3.56. The molecule has 0 spiro atoms. The van der Waals surface area contributed by atoms with Crippen LogP contribution < -0.4 is 10.2 Å². The molecule has 1 aliphatic heterocycles. The molecule has 0 amide bonds. The predicted molar refractivity (Wildman–Crippen MR) is 82.9 cm³/mol. The Bertz CT molecular complexity index is 604. The number of hydrogen-bond donors (Lipinski definition) is 1. The van der Waals surface area contributed by atoms with Crippen molar-refractivity contribution in [2.24, 2.45) is 0 Å². The van der Waals surface area contributed by atoms with E-state index in [4.69, 9.17) is 0 Å². The maximum atomic E-state index is 4.44. The standard InChI is InChI=1S/C14H16BrN5/c1-10-7-13(18-9-17-10)19-11-4-6-20(8-11)14-12(15)3-2-5-16-14/h2-3,5,7,9,11H,4,6,8H2,1H3,(H,17,18,19). The summed E-state index contributed by atoms with van der Waals surface area (Å²) in [5.74, 6) is 1.90. The van der Waals surface area contributed by atoms with Gasteiger partial charge in [-0.25, -0.2) is 15.0 Å². The average Bonchev–Trinajstić information content (AvgIpc) is 2.87. The second kappa shape index (κ2) is 5.75. The van der Waals surface area contributed by atoms with Crippen LogP contribution in [0.3, 0.4) is 0 Å². The van der Waals surface area contributed by atoms with Crippen molar-refractivity contribution in [1.29, 1.82) is 0 Å². The number of aromatic nitrogens is 3. The molecule has 6 heteroatoms. The lowest BCUT2D eigenvalue weighted by atomic mass is 10.2. The van der Waals surface area contributed by atoms with Gasteiger partial charge >= 0.3 is 0 Å². The zero-order valence-corrected chi connectivity index (χ0v) is 12.8. The van der Waals surface area contributed by atoms with Crippen LogP contribution in [0.2, 0.25) is 0 Å². The summed E-state index contributed by atoms with van der Waals surface area (Å²) in [6.45, 7) is 3.90. The fraction of sp³-hybridized carbons (Fsp3) is 0.357. The van der Waals surface area contributed by atoms with Gasteiger partial charge in [0.2, 0.25) is 0 Å². The lowest BCUT2D eigenvalue weighted by Crippen LogP contribution is -2.27. The zero-order valence-electron chi connectivity index (χ0n) is 11.3. The van der Waals surface area contributed by atoms with Crippen LogP contribution in [0.25, 0.3) is 0 Å². The van der Waals surface area contributed by atoms with Gasteiger partial charge in [-0.1, -0.05) is 0 Å². The van der Waals surface area contributed by atoms with Gasteiger partial charge in [0.05, 0.1) is 4.47 Å². The zero-order chi connectivity index (χ0) is 13.9. The minimum atomic E-state index is 0.387. The molecular weight excluding hydrogens is 318 g/mol. The molecule has 0 radical (unpaired) electrons. The molecule has 1 aliphatic rings. The van der Waals surface area contributed by atoms with Crippen LogP contribution in [-0.2, 0) is 0 Å². The Kier molecular flexibility index (Phi) is 3.82. The number of halogens is 1. The molecule has 1 saturated heterocycles. The number of hydrogen-bond acceptors (Lipinski definition) is 5. The highest BCUT2D eigenvalue weighted by molar-refractivity contribution is 9.10. The van der Waals surface area contributed by atoms with E-state index in [1.165, 1.54) is 0 Å². The number of nitrogens with one attached hydrogen (secondary N) is 1.